The predicted molar refractivity (Wildman–Crippen MR) is 253 cm³/mol. The van der Waals surface area contributed by atoms with Crippen LogP contribution in [0.25, 0.3) is 0 Å². The van der Waals surface area contributed by atoms with Crippen molar-refractivity contribution in [2.24, 2.45) is 0 Å². The molecule has 0 spiro atoms. The SMILES string of the molecule is CCC1=C(CC)[Si]([Si](C(C)(C)C)(C(C)(C)C)C(C)(C)C)([Si](C(C)(C)C)(C(C)(C)C)C(C)(C)C)C(C)(C)C[Si]1[Si](C(C)(C)C)(C(C)(C)C)C(C)(C)C. The van der Waals surface area contributed by atoms with Crippen LogP contribution >= 0.6 is 0 Å². The Balaban J connectivity index is 5.75. The molecule has 5 heteroatoms. The second-order valence-electron chi connectivity index (χ2n) is 27.5. The van der Waals surface area contributed by atoms with Crippen molar-refractivity contribution in [3.05, 3.63) is 10.4 Å². The highest BCUT2D eigenvalue weighted by Crippen LogP contribution is 2.82. The van der Waals surface area contributed by atoms with Gasteiger partial charge in [-0.2, -0.15) is 0 Å². The lowest BCUT2D eigenvalue weighted by Crippen LogP contribution is -2.95. The quantitative estimate of drug-likeness (QED) is 0.243. The number of rotatable bonds is 5. The van der Waals surface area contributed by atoms with Gasteiger partial charge in [-0.25, -0.2) is 0 Å². The second kappa shape index (κ2) is 13.5. The average molecular weight is 793 g/mol. The highest BCUT2D eigenvalue weighted by Gasteiger charge is 2.87. The third-order valence-electron chi connectivity index (χ3n) is 15.2. The van der Waals surface area contributed by atoms with Gasteiger partial charge < -0.3 is 0 Å². The molecule has 0 aromatic rings. The highest BCUT2D eigenvalue weighted by molar-refractivity contribution is 7.76. The summed E-state index contributed by atoms with van der Waals surface area (Å²) in [5.74, 6) is 0. The molecule has 0 unspecified atom stereocenters. The molecule has 51 heavy (non-hydrogen) atoms. The molecule has 0 aromatic heterocycles. The minimum absolute atomic E-state index is 0.225. The molecule has 1 aliphatic heterocycles. The summed E-state index contributed by atoms with van der Waals surface area (Å²) in [4.78, 5) is 0. The van der Waals surface area contributed by atoms with Gasteiger partial charge >= 0.3 is 0 Å². The summed E-state index contributed by atoms with van der Waals surface area (Å²) in [6, 6.07) is 1.49. The van der Waals surface area contributed by atoms with E-state index < -0.39 is 38.2 Å². The molecule has 0 amide bonds. The molecule has 0 fully saturated rings. The van der Waals surface area contributed by atoms with Crippen LogP contribution in [0, 0.1) is 0 Å². The minimum atomic E-state index is -2.59. The van der Waals surface area contributed by atoms with Gasteiger partial charge in [0.25, 0.3) is 0 Å². The summed E-state index contributed by atoms with van der Waals surface area (Å²) in [6.45, 7) is 85.7. The molecule has 0 bridgehead atoms. The largest absolute Gasteiger partial charge is 0.0906 e. The Hall–Kier alpha value is 0.824. The van der Waals surface area contributed by atoms with E-state index >= 15 is 0 Å². The van der Waals surface area contributed by atoms with Gasteiger partial charge in [0.2, 0.25) is 0 Å². The molecule has 0 N–H and O–H groups in total. The number of hydrogen-bond donors (Lipinski definition) is 0. The summed E-state index contributed by atoms with van der Waals surface area (Å²) in [7, 11) is -10.5. The first kappa shape index (κ1) is 49.8. The van der Waals surface area contributed by atoms with Crippen molar-refractivity contribution < 1.29 is 0 Å². The third kappa shape index (κ3) is 6.38. The van der Waals surface area contributed by atoms with Crippen LogP contribution in [-0.4, -0.2) is 38.2 Å². The summed E-state index contributed by atoms with van der Waals surface area (Å²) in [6.07, 6.45) is 2.54. The lowest BCUT2D eigenvalue weighted by molar-refractivity contribution is 0.525. The Morgan fingerprint density at radius 1 is 0.431 bits per heavy atom. The average Bonchev–Trinajstić information content (AvgIpc) is 2.72. The maximum absolute atomic E-state index is 2.98. The topological polar surface area (TPSA) is 0 Å². The molecular weight excluding hydrogens is 693 g/mol. The van der Waals surface area contributed by atoms with Crippen LogP contribution in [0.4, 0.5) is 0 Å². The molecule has 0 atom stereocenters. The first-order valence-electron chi connectivity index (χ1n) is 21.3. The maximum Gasteiger partial charge on any atom is 0.0776 e. The molecule has 1 aliphatic rings. The van der Waals surface area contributed by atoms with Gasteiger partial charge in [0.1, 0.15) is 0 Å². The number of hydrogen-bond acceptors (Lipinski definition) is 0. The molecule has 1 radical (unpaired) electrons. The highest BCUT2D eigenvalue weighted by atomic mass is 29.6. The molecule has 1 heterocycles. The molecule has 303 valence electrons. The van der Waals surface area contributed by atoms with Crippen molar-refractivity contribution >= 4 is 38.2 Å². The van der Waals surface area contributed by atoms with E-state index in [1.54, 1.807) is 0 Å². The van der Waals surface area contributed by atoms with Crippen LogP contribution in [0.15, 0.2) is 10.4 Å². The van der Waals surface area contributed by atoms with Crippen LogP contribution in [0.3, 0.4) is 0 Å². The van der Waals surface area contributed by atoms with E-state index in [0.717, 1.165) is 0 Å². The van der Waals surface area contributed by atoms with Gasteiger partial charge in [0, 0.05) is 0 Å². The zero-order valence-electron chi connectivity index (χ0n) is 41.6. The van der Waals surface area contributed by atoms with Crippen molar-refractivity contribution in [2.75, 3.05) is 0 Å². The monoisotopic (exact) mass is 792 g/mol. The lowest BCUT2D eigenvalue weighted by Gasteiger charge is -2.83. The van der Waals surface area contributed by atoms with Crippen molar-refractivity contribution in [1.29, 1.82) is 0 Å². The first-order chi connectivity index (χ1) is 21.7. The Bertz CT molecular complexity index is 1100. The minimum Gasteiger partial charge on any atom is -0.0906 e. The fourth-order valence-corrected chi connectivity index (χ4v) is 134. The number of allylic oxidation sites excluding steroid dienone is 2. The van der Waals surface area contributed by atoms with Crippen LogP contribution in [-0.2, 0) is 0 Å². The maximum atomic E-state index is 2.98. The summed E-state index contributed by atoms with van der Waals surface area (Å²) < 4.78 is 0. The van der Waals surface area contributed by atoms with E-state index in [0.29, 0.717) is 15.1 Å². The van der Waals surface area contributed by atoms with Crippen LogP contribution in [0.5, 0.6) is 0 Å². The van der Waals surface area contributed by atoms with E-state index in [1.165, 1.54) is 18.9 Å². The van der Waals surface area contributed by atoms with E-state index in [4.69, 9.17) is 0 Å². The molecular formula is C46H99Si5. The Labute approximate surface area is 330 Å². The van der Waals surface area contributed by atoms with Crippen LogP contribution in [0.1, 0.15) is 227 Å². The lowest BCUT2D eigenvalue weighted by atomic mass is 10.2. The summed E-state index contributed by atoms with van der Waals surface area (Å²) in [5, 5.41) is 6.79. The fourth-order valence-electron chi connectivity index (χ4n) is 19.4. The molecule has 0 nitrogen and oxygen atoms in total. The van der Waals surface area contributed by atoms with E-state index in [-0.39, 0.29) is 35.3 Å². The Kier molecular flexibility index (Phi) is 13.2. The van der Waals surface area contributed by atoms with E-state index in [9.17, 15) is 0 Å². The smallest absolute Gasteiger partial charge is 0.0776 e. The molecule has 0 aromatic carbocycles. The van der Waals surface area contributed by atoms with Crippen molar-refractivity contribution in [1.82, 2.24) is 0 Å². The van der Waals surface area contributed by atoms with Crippen molar-refractivity contribution in [3.63, 3.8) is 0 Å². The van der Waals surface area contributed by atoms with E-state index in [2.05, 4.69) is 225 Å². The van der Waals surface area contributed by atoms with Gasteiger partial charge in [-0.1, -0.05) is 231 Å². The van der Waals surface area contributed by atoms with Crippen LogP contribution in [0.2, 0.25) is 56.4 Å². The fraction of sp³-hybridized carbons (Fsp3) is 0.957. The van der Waals surface area contributed by atoms with Gasteiger partial charge in [-0.3, -0.25) is 0 Å². The molecule has 0 saturated carbocycles. The van der Waals surface area contributed by atoms with E-state index in [1.807, 2.05) is 0 Å². The zero-order chi connectivity index (χ0) is 41.9. The predicted octanol–water partition coefficient (Wildman–Crippen LogP) is 17.7. The molecule has 0 saturated heterocycles. The van der Waals surface area contributed by atoms with Gasteiger partial charge in [-0.05, 0) is 63.2 Å². The second-order valence-corrected chi connectivity index (χ2v) is 65.4. The van der Waals surface area contributed by atoms with Gasteiger partial charge in [0.15, 0.2) is 0 Å². The Morgan fingerprint density at radius 2 is 0.667 bits per heavy atom. The normalized spacial score (nSPS) is 20.3. The van der Waals surface area contributed by atoms with Crippen molar-refractivity contribution in [3.8, 4) is 0 Å². The third-order valence-corrected chi connectivity index (χ3v) is 89.4. The first-order valence-corrected chi connectivity index (χ1v) is 34.0. The van der Waals surface area contributed by atoms with Gasteiger partial charge in [-0.15, -0.1) is 0 Å². The summed E-state index contributed by atoms with van der Waals surface area (Å²) >= 11 is 0. The molecule has 0 aliphatic carbocycles. The zero-order valence-corrected chi connectivity index (χ0v) is 46.6. The standard InChI is InChI=1S/C46H99Si5/c1-32-35-36(33-2)48(50(40(12,13)14,41(15,16)17)42(18,19)20,51(43(21,22)23,44(24,25)26)45(27,28)29)46(30,31)34-47(35)49(37(3,4)5,38(6,7)8)39(9,10)11/h32-34H2,1-31H3. The summed E-state index contributed by atoms with van der Waals surface area (Å²) in [5.41, 5.74) is 0. The molecule has 1 rings (SSSR count). The van der Waals surface area contributed by atoms with Gasteiger partial charge in [0.05, 0.1) is 38.2 Å². The van der Waals surface area contributed by atoms with Crippen LogP contribution < -0.4 is 0 Å². The Morgan fingerprint density at radius 3 is 0.824 bits per heavy atom. The van der Waals surface area contributed by atoms with Crippen molar-refractivity contribution in [2.45, 2.75) is 284 Å².